The van der Waals surface area contributed by atoms with Crippen LogP contribution in [0, 0.1) is 0 Å². The summed E-state index contributed by atoms with van der Waals surface area (Å²) in [5.74, 6) is -0.135. The number of hydrogen-bond acceptors (Lipinski definition) is 6. The van der Waals surface area contributed by atoms with E-state index in [0.717, 1.165) is 22.9 Å². The number of carbonyl (C=O) groups excluding carboxylic acids is 3. The van der Waals surface area contributed by atoms with Gasteiger partial charge in [0.2, 0.25) is 5.91 Å². The summed E-state index contributed by atoms with van der Waals surface area (Å²) in [4.78, 5) is 42.1. The number of aromatic nitrogens is 2. The maximum atomic E-state index is 13.6. The van der Waals surface area contributed by atoms with Gasteiger partial charge in [0.25, 0.3) is 5.91 Å². The number of hydrogen-bond donors (Lipinski definition) is 4. The molecule has 4 rings (SSSR count). The number of H-pyrrole nitrogens is 1. The van der Waals surface area contributed by atoms with Crippen molar-refractivity contribution in [1.82, 2.24) is 25.3 Å². The molecule has 1 aliphatic rings. The zero-order valence-electron chi connectivity index (χ0n) is 23.4. The molecule has 0 aliphatic carbocycles. The molecule has 1 atom stereocenters. The Morgan fingerprint density at radius 2 is 1.90 bits per heavy atom. The molecular formula is C29H35N7O4. The monoisotopic (exact) mass is 545 g/mol. The lowest BCUT2D eigenvalue weighted by atomic mass is 10.0. The van der Waals surface area contributed by atoms with E-state index in [0.29, 0.717) is 29.4 Å². The first-order valence-corrected chi connectivity index (χ1v) is 12.8. The Kier molecular flexibility index (Phi) is 8.24. The number of carbonyl (C=O) groups is 3. The van der Waals surface area contributed by atoms with E-state index in [9.17, 15) is 14.4 Å². The van der Waals surface area contributed by atoms with Gasteiger partial charge in [-0.1, -0.05) is 36.9 Å². The normalized spacial score (nSPS) is 14.3. The van der Waals surface area contributed by atoms with E-state index in [2.05, 4.69) is 32.7 Å². The highest BCUT2D eigenvalue weighted by Gasteiger charge is 2.44. The Morgan fingerprint density at radius 1 is 1.18 bits per heavy atom. The first kappa shape index (κ1) is 28.4. The zero-order chi connectivity index (χ0) is 29.0. The third-order valence-electron chi connectivity index (χ3n) is 6.90. The van der Waals surface area contributed by atoms with Gasteiger partial charge in [-0.15, -0.1) is 0 Å². The van der Waals surface area contributed by atoms with E-state index < -0.39 is 17.4 Å². The smallest absolute Gasteiger partial charge is 0.319 e. The van der Waals surface area contributed by atoms with Crippen LogP contribution < -0.4 is 20.7 Å². The first-order valence-electron chi connectivity index (χ1n) is 12.8. The fourth-order valence-corrected chi connectivity index (χ4v) is 4.76. The molecule has 3 aromatic rings. The van der Waals surface area contributed by atoms with Crippen LogP contribution in [-0.2, 0) is 16.9 Å². The van der Waals surface area contributed by atoms with Crippen LogP contribution in [0.2, 0.25) is 0 Å². The number of likely N-dealkylation sites (N-methyl/N-ethyl adjacent to an activating group) is 1. The lowest BCUT2D eigenvalue weighted by molar-refractivity contribution is -0.111. The van der Waals surface area contributed by atoms with Crippen LogP contribution in [0.4, 0.5) is 16.3 Å². The predicted octanol–water partition coefficient (Wildman–Crippen LogP) is 3.86. The SMILES string of the molecule is C=CC(=O)Nc1ccc(C(=O)Nc2n[nH]c3c2CN(C(=O)NC(CN(C)C)c2ccccc2)C3(C)C)cc1OC. The van der Waals surface area contributed by atoms with Crippen molar-refractivity contribution >= 4 is 29.4 Å². The molecule has 40 heavy (non-hydrogen) atoms. The van der Waals surface area contributed by atoms with Gasteiger partial charge in [-0.2, -0.15) is 5.10 Å². The Balaban J connectivity index is 1.51. The molecule has 4 N–H and O–H groups in total. The standard InChI is InChI=1S/C29H35N7O4/c1-7-24(37)30-21-14-13-19(15-23(21)40-6)27(38)32-26-20-16-36(29(2,3)25(20)33-34-26)28(39)31-22(17-35(4)5)18-11-9-8-10-12-18/h7-15,22H,1,16-17H2,2-6H3,(H,30,37)(H,31,39)(H2,32,33,34,38). The van der Waals surface area contributed by atoms with Crippen molar-refractivity contribution in [3.63, 3.8) is 0 Å². The van der Waals surface area contributed by atoms with Crippen LogP contribution in [0.25, 0.3) is 0 Å². The summed E-state index contributed by atoms with van der Waals surface area (Å²) in [6.45, 7) is 8.21. The number of aromatic amines is 1. The number of fused-ring (bicyclic) bond motifs is 1. The van der Waals surface area contributed by atoms with Gasteiger partial charge in [0.05, 0.1) is 36.6 Å². The van der Waals surface area contributed by atoms with Crippen molar-refractivity contribution in [2.24, 2.45) is 0 Å². The van der Waals surface area contributed by atoms with Crippen molar-refractivity contribution in [3.8, 4) is 5.75 Å². The second-order valence-electron chi connectivity index (χ2n) is 10.3. The average Bonchev–Trinajstić information content (AvgIpc) is 3.45. The van der Waals surface area contributed by atoms with E-state index in [1.54, 1.807) is 17.0 Å². The van der Waals surface area contributed by atoms with Crippen LogP contribution in [0.15, 0.2) is 61.2 Å². The quantitative estimate of drug-likeness (QED) is 0.302. The molecule has 0 spiro atoms. The molecule has 2 heterocycles. The largest absolute Gasteiger partial charge is 0.495 e. The zero-order valence-corrected chi connectivity index (χ0v) is 23.4. The van der Waals surface area contributed by atoms with Crippen LogP contribution in [0.5, 0.6) is 5.75 Å². The molecule has 1 aromatic heterocycles. The van der Waals surface area contributed by atoms with Gasteiger partial charge in [-0.05, 0) is 57.8 Å². The van der Waals surface area contributed by atoms with Crippen molar-refractivity contribution in [1.29, 1.82) is 0 Å². The third-order valence-corrected chi connectivity index (χ3v) is 6.90. The summed E-state index contributed by atoms with van der Waals surface area (Å²) in [5.41, 5.74) is 2.53. The third kappa shape index (κ3) is 5.84. The first-order chi connectivity index (χ1) is 19.0. The van der Waals surface area contributed by atoms with Gasteiger partial charge in [0, 0.05) is 17.7 Å². The second kappa shape index (κ2) is 11.6. The number of nitrogens with zero attached hydrogens (tertiary/aromatic N) is 3. The minimum atomic E-state index is -0.691. The van der Waals surface area contributed by atoms with Crippen LogP contribution in [0.1, 0.15) is 47.1 Å². The summed E-state index contributed by atoms with van der Waals surface area (Å²) in [5, 5.41) is 16.0. The number of anilines is 2. The van der Waals surface area contributed by atoms with Crippen molar-refractivity contribution < 1.29 is 19.1 Å². The van der Waals surface area contributed by atoms with E-state index in [1.807, 2.05) is 63.2 Å². The van der Waals surface area contributed by atoms with Gasteiger partial charge < -0.3 is 30.5 Å². The summed E-state index contributed by atoms with van der Waals surface area (Å²) in [7, 11) is 5.38. The fraction of sp³-hybridized carbons (Fsp3) is 0.310. The molecule has 0 fully saturated rings. The number of ether oxygens (including phenoxy) is 1. The topological polar surface area (TPSA) is 132 Å². The second-order valence-corrected chi connectivity index (χ2v) is 10.3. The molecule has 11 nitrogen and oxygen atoms in total. The minimum absolute atomic E-state index is 0.204. The Hall–Kier alpha value is -4.64. The molecule has 1 aliphatic heterocycles. The Morgan fingerprint density at radius 3 is 2.55 bits per heavy atom. The van der Waals surface area contributed by atoms with Crippen molar-refractivity contribution in [3.05, 3.63) is 83.6 Å². The number of methoxy groups -OCH3 is 1. The summed E-state index contributed by atoms with van der Waals surface area (Å²) in [6, 6.07) is 14.1. The highest BCUT2D eigenvalue weighted by Crippen LogP contribution is 2.41. The maximum Gasteiger partial charge on any atom is 0.319 e. The Labute approximate surface area is 233 Å². The van der Waals surface area contributed by atoms with E-state index >= 15 is 0 Å². The molecule has 0 bridgehead atoms. The van der Waals surface area contributed by atoms with Gasteiger partial charge >= 0.3 is 6.03 Å². The highest BCUT2D eigenvalue weighted by atomic mass is 16.5. The van der Waals surface area contributed by atoms with E-state index in [-0.39, 0.29) is 18.6 Å². The predicted molar refractivity (Wildman–Crippen MR) is 153 cm³/mol. The van der Waals surface area contributed by atoms with E-state index in [1.165, 1.54) is 13.2 Å². The number of nitrogens with one attached hydrogen (secondary N) is 4. The molecule has 0 saturated carbocycles. The Bertz CT molecular complexity index is 1410. The molecule has 210 valence electrons. The molecule has 0 saturated heterocycles. The molecule has 11 heteroatoms. The van der Waals surface area contributed by atoms with Gasteiger partial charge in [-0.3, -0.25) is 14.7 Å². The fourth-order valence-electron chi connectivity index (χ4n) is 4.76. The van der Waals surface area contributed by atoms with Gasteiger partial charge in [0.15, 0.2) is 5.82 Å². The summed E-state index contributed by atoms with van der Waals surface area (Å²) >= 11 is 0. The number of urea groups is 1. The molecule has 4 amide bonds. The summed E-state index contributed by atoms with van der Waals surface area (Å²) < 4.78 is 5.34. The molecule has 0 radical (unpaired) electrons. The molecular weight excluding hydrogens is 510 g/mol. The molecule has 2 aromatic carbocycles. The lowest BCUT2D eigenvalue weighted by Crippen LogP contribution is -2.48. The highest BCUT2D eigenvalue weighted by molar-refractivity contribution is 6.06. The van der Waals surface area contributed by atoms with Crippen LogP contribution in [0.3, 0.4) is 0 Å². The van der Waals surface area contributed by atoms with Crippen LogP contribution >= 0.6 is 0 Å². The molecule has 1 unspecified atom stereocenters. The van der Waals surface area contributed by atoms with Crippen molar-refractivity contribution in [2.45, 2.75) is 32.0 Å². The number of rotatable bonds is 9. The van der Waals surface area contributed by atoms with Gasteiger partial charge in [-0.25, -0.2) is 4.79 Å². The maximum absolute atomic E-state index is 13.6. The lowest BCUT2D eigenvalue weighted by Gasteiger charge is -2.34. The van der Waals surface area contributed by atoms with Crippen molar-refractivity contribution in [2.75, 3.05) is 38.4 Å². The van der Waals surface area contributed by atoms with E-state index in [4.69, 9.17) is 4.74 Å². The summed E-state index contributed by atoms with van der Waals surface area (Å²) in [6.07, 6.45) is 1.15. The number of amides is 4. The minimum Gasteiger partial charge on any atom is -0.495 e. The average molecular weight is 546 g/mol. The number of benzene rings is 2. The van der Waals surface area contributed by atoms with Crippen LogP contribution in [-0.4, -0.2) is 65.6 Å². The van der Waals surface area contributed by atoms with Gasteiger partial charge in [0.1, 0.15) is 5.75 Å².